The van der Waals surface area contributed by atoms with Crippen molar-refractivity contribution in [2.45, 2.75) is 89.9 Å². The molecule has 0 amide bonds. The van der Waals surface area contributed by atoms with Gasteiger partial charge in [-0.05, 0) is 226 Å². The average molecular weight is 1670 g/mol. The minimum absolute atomic E-state index is 0.369. The summed E-state index contributed by atoms with van der Waals surface area (Å²) in [4.78, 5) is 0. The van der Waals surface area contributed by atoms with E-state index in [2.05, 4.69) is 424 Å². The zero-order valence-electron chi connectivity index (χ0n) is 82.7. The zero-order valence-corrected chi connectivity index (χ0v) is 76.7. The van der Waals surface area contributed by atoms with Crippen LogP contribution in [0.2, 0.25) is 0 Å². The highest BCUT2D eigenvalue weighted by atomic mass is 14.9. The molecule has 0 saturated carbocycles. The van der Waals surface area contributed by atoms with Crippen molar-refractivity contribution >= 4 is 0 Å². The van der Waals surface area contributed by atoms with Gasteiger partial charge in [-0.3, -0.25) is 0 Å². The van der Waals surface area contributed by atoms with E-state index in [-0.39, 0.29) is 0 Å². The molecule has 0 aliphatic rings. The van der Waals surface area contributed by atoms with Crippen molar-refractivity contribution in [1.29, 1.82) is 0 Å². The fourth-order valence-electron chi connectivity index (χ4n) is 16.7. The standard InChI is InChI=1S/2C21H22N.3C20H20N.C19H18N/c1-15-10-11-19(16(2)12-15)21-13-20(17(3)14-22(21)4)18-8-6-5-7-9-18;1-15-10-11-19(16(2)12-15)21-13-17(3)20(14-22(21)4)18-8-6-5-7-9-18;2*1-15-9-7-8-12-18(15)20-13-19(16(2)14-21(20)3)17-10-5-4-6-11-17;1-15-9-10-19(16(2)13-15)20-14-18(11-12-21(20)3)17-7-5-4-6-8-17;1-15-8-6-7-11-18(15)19-14-17(12-13-20(19)2)16-9-4-3-5-10-16/h2*5-14H,1-4H3;3*4-14H,1-3H3;3-14H,1-2H3/q6*+1/i;1D3;2D3;;;. The number of hydrogen-bond acceptors (Lipinski definition) is 0. The molecule has 12 aromatic carbocycles. The Balaban J connectivity index is 0.000000136. The third-order valence-corrected chi connectivity index (χ3v) is 23.6. The van der Waals surface area contributed by atoms with E-state index in [9.17, 15) is 0 Å². The summed E-state index contributed by atoms with van der Waals surface area (Å²) >= 11 is 0. The lowest BCUT2D eigenvalue weighted by molar-refractivity contribution is -0.660. The minimum atomic E-state index is -2.16. The molecular formula is C121H122N6+6. The maximum atomic E-state index is 7.90. The van der Waals surface area contributed by atoms with Gasteiger partial charge in [-0.15, -0.1) is 0 Å². The van der Waals surface area contributed by atoms with Crippen molar-refractivity contribution in [1.82, 2.24) is 0 Å². The molecule has 6 heteroatoms. The largest absolute Gasteiger partial charge is 0.213 e. The number of benzene rings is 12. The molecular weight excluding hydrogens is 1540 g/mol. The Bertz CT molecular complexity index is 7070. The van der Waals surface area contributed by atoms with Crippen molar-refractivity contribution < 1.29 is 35.6 Å². The topological polar surface area (TPSA) is 23.3 Å². The summed E-state index contributed by atoms with van der Waals surface area (Å²) in [6, 6.07) is 124. The zero-order chi connectivity index (χ0) is 94.8. The third-order valence-electron chi connectivity index (χ3n) is 23.6. The second kappa shape index (κ2) is 42.3. The number of pyridine rings is 6. The van der Waals surface area contributed by atoms with Gasteiger partial charge in [0.15, 0.2) is 37.2 Å². The molecule has 0 atom stereocenters. The maximum absolute atomic E-state index is 7.90. The summed E-state index contributed by atoms with van der Waals surface area (Å²) in [5, 5.41) is 0. The van der Waals surface area contributed by atoms with Crippen LogP contribution in [0.3, 0.4) is 0 Å². The number of aryl methyl sites for hydroxylation is 19. The SMILES string of the molecule is Cc1c[n+](C)c(-c2ccccc2C)cc1-c1ccccc1.Cc1ccc(-c2cc(-c3ccccc3)c(C)c[n+]2C)c(C)c1.Cc1ccc(-c2cc(-c3ccccc3)cc[n+]2C)c(C)c1.Cc1ccccc1-c1cc(-c2ccccc2)cc[n+]1C.[2H]C([2H])([2H])c1c[n+](C)c(-c2ccccc2C)cc1-c1ccccc1.[2H]C([2H])([2H])c1ccc(-c2cc(C)c(-c3ccccc3)c[n+]2C)c(C)c1. The van der Waals surface area contributed by atoms with E-state index in [1.807, 2.05) is 98.4 Å². The average Bonchev–Trinajstić information content (AvgIpc) is 0.771. The van der Waals surface area contributed by atoms with E-state index in [0.717, 1.165) is 44.8 Å². The predicted octanol–water partition coefficient (Wildman–Crippen LogP) is 27.1. The van der Waals surface area contributed by atoms with Crippen LogP contribution in [0.5, 0.6) is 0 Å². The molecule has 0 N–H and O–H groups in total. The van der Waals surface area contributed by atoms with Crippen molar-refractivity contribution in [2.24, 2.45) is 42.3 Å². The molecule has 18 aromatic rings. The van der Waals surface area contributed by atoms with E-state index >= 15 is 0 Å². The van der Waals surface area contributed by atoms with Crippen LogP contribution >= 0.6 is 0 Å². The summed E-state index contributed by atoms with van der Waals surface area (Å²) < 4.78 is 59.2. The Morgan fingerprint density at radius 1 is 0.157 bits per heavy atom. The van der Waals surface area contributed by atoms with Gasteiger partial charge in [0.1, 0.15) is 42.3 Å². The highest BCUT2D eigenvalue weighted by molar-refractivity contribution is 5.78. The first-order valence-corrected chi connectivity index (χ1v) is 43.6. The van der Waals surface area contributed by atoms with Crippen LogP contribution in [0.1, 0.15) is 80.5 Å². The summed E-state index contributed by atoms with van der Waals surface area (Å²) in [5.41, 5.74) is 43.1. The van der Waals surface area contributed by atoms with Gasteiger partial charge >= 0.3 is 0 Å². The molecule has 0 unspecified atom stereocenters. The fraction of sp³-hybridized carbons (Fsp3) is 0.157. The number of nitrogens with zero attached hydrogens (tertiary/aromatic N) is 6. The monoisotopic (exact) mass is 1670 g/mol. The second-order valence-corrected chi connectivity index (χ2v) is 33.3. The summed E-state index contributed by atoms with van der Waals surface area (Å²) in [6.45, 7) is 19.2. The van der Waals surface area contributed by atoms with E-state index < -0.39 is 13.7 Å². The van der Waals surface area contributed by atoms with Gasteiger partial charge in [-0.2, -0.15) is 0 Å². The van der Waals surface area contributed by atoms with Gasteiger partial charge in [-0.1, -0.05) is 290 Å². The molecule has 0 bridgehead atoms. The Morgan fingerprint density at radius 3 is 0.732 bits per heavy atom. The molecule has 0 spiro atoms. The van der Waals surface area contributed by atoms with Crippen LogP contribution in [-0.2, 0) is 42.3 Å². The highest BCUT2D eigenvalue weighted by Crippen LogP contribution is 2.35. The molecule has 0 radical (unpaired) electrons. The van der Waals surface area contributed by atoms with Crippen molar-refractivity contribution in [3.8, 4) is 134 Å². The number of rotatable bonds is 12. The normalized spacial score (nSPS) is 11.5. The molecule has 0 fully saturated rings. The van der Waals surface area contributed by atoms with Gasteiger partial charge in [0.05, 0.1) is 0 Å². The minimum Gasteiger partial charge on any atom is -0.201 e. The van der Waals surface area contributed by atoms with Gasteiger partial charge < -0.3 is 0 Å². The summed E-state index contributed by atoms with van der Waals surface area (Å²) in [5.74, 6) is 0. The molecule has 0 saturated heterocycles. The first-order chi connectivity index (χ1) is 63.8. The van der Waals surface area contributed by atoms with E-state index in [4.69, 9.17) is 8.22 Å². The second-order valence-electron chi connectivity index (χ2n) is 33.3. The Hall–Kier alpha value is -14.5. The molecule has 0 aliphatic carbocycles. The summed E-state index contributed by atoms with van der Waals surface area (Å²) in [6.07, 6.45) is 12.6. The van der Waals surface area contributed by atoms with Crippen LogP contribution in [0.15, 0.2) is 395 Å². The molecule has 6 heterocycles. The molecule has 630 valence electrons. The van der Waals surface area contributed by atoms with Crippen LogP contribution in [-0.4, -0.2) is 0 Å². The smallest absolute Gasteiger partial charge is 0.201 e. The molecule has 6 aromatic heterocycles. The van der Waals surface area contributed by atoms with Gasteiger partial charge in [0, 0.05) is 112 Å². The van der Waals surface area contributed by atoms with Gasteiger partial charge in [0.25, 0.3) is 0 Å². The lowest BCUT2D eigenvalue weighted by Gasteiger charge is -2.10. The molecule has 18 rings (SSSR count). The van der Waals surface area contributed by atoms with Crippen LogP contribution < -0.4 is 27.4 Å². The van der Waals surface area contributed by atoms with Gasteiger partial charge in [0.2, 0.25) is 34.2 Å². The Morgan fingerprint density at radius 2 is 0.409 bits per heavy atom. The highest BCUT2D eigenvalue weighted by Gasteiger charge is 2.23. The Labute approximate surface area is 764 Å². The fourth-order valence-corrected chi connectivity index (χ4v) is 16.7. The third kappa shape index (κ3) is 22.6. The molecule has 127 heavy (non-hydrogen) atoms. The number of hydrogen-bond donors (Lipinski definition) is 0. The summed E-state index contributed by atoms with van der Waals surface area (Å²) in [7, 11) is 12.4. The van der Waals surface area contributed by atoms with Crippen molar-refractivity contribution in [3.63, 3.8) is 0 Å². The van der Waals surface area contributed by atoms with Crippen LogP contribution in [0, 0.1) is 89.9 Å². The number of aromatic nitrogens is 6. The first kappa shape index (κ1) is 82.2. The molecule has 0 aliphatic heterocycles. The van der Waals surface area contributed by atoms with E-state index in [1.165, 1.54) is 151 Å². The molecule has 6 nitrogen and oxygen atoms in total. The maximum Gasteiger partial charge on any atom is 0.213 e. The van der Waals surface area contributed by atoms with Crippen LogP contribution in [0.4, 0.5) is 0 Å². The first-order valence-electron chi connectivity index (χ1n) is 46.6. The quantitative estimate of drug-likeness (QED) is 0.109. The van der Waals surface area contributed by atoms with Crippen LogP contribution in [0.25, 0.3) is 134 Å². The Kier molecular flexibility index (Phi) is 27.4. The van der Waals surface area contributed by atoms with Crippen molar-refractivity contribution in [2.75, 3.05) is 0 Å². The lowest BCUT2D eigenvalue weighted by atomic mass is 9.97. The van der Waals surface area contributed by atoms with E-state index in [0.29, 0.717) is 11.1 Å². The van der Waals surface area contributed by atoms with Crippen molar-refractivity contribution in [3.05, 3.63) is 467 Å². The predicted molar refractivity (Wildman–Crippen MR) is 533 cm³/mol. The van der Waals surface area contributed by atoms with E-state index in [1.54, 1.807) is 18.3 Å². The van der Waals surface area contributed by atoms with Gasteiger partial charge in [-0.25, -0.2) is 27.4 Å². The lowest BCUT2D eigenvalue weighted by Crippen LogP contribution is -2.31.